The summed E-state index contributed by atoms with van der Waals surface area (Å²) in [5, 5.41) is 1.07. The Morgan fingerprint density at radius 3 is 2.21 bits per heavy atom. The van der Waals surface area contributed by atoms with Gasteiger partial charge >= 0.3 is 0 Å². The minimum atomic E-state index is -0.119. The third kappa shape index (κ3) is 4.11. The highest BCUT2D eigenvalue weighted by molar-refractivity contribution is 6.09. The minimum absolute atomic E-state index is 0.0370. The van der Waals surface area contributed by atoms with Crippen LogP contribution >= 0.6 is 0 Å². The summed E-state index contributed by atoms with van der Waals surface area (Å²) in [6.07, 6.45) is 7.09. The number of hydrogen-bond acceptors (Lipinski definition) is 3. The van der Waals surface area contributed by atoms with Crippen LogP contribution in [0, 0.1) is 11.3 Å². The van der Waals surface area contributed by atoms with Gasteiger partial charge in [0.15, 0.2) is 5.82 Å². The van der Waals surface area contributed by atoms with E-state index in [1.807, 2.05) is 0 Å². The lowest BCUT2D eigenvalue weighted by atomic mass is 9.63. The maximum absolute atomic E-state index is 5.20. The Kier molecular flexibility index (Phi) is 6.31. The molecular weight excluding hydrogens is 643 g/mol. The normalized spacial score (nSPS) is 21.4. The lowest BCUT2D eigenvalue weighted by Gasteiger charge is -2.45. The van der Waals surface area contributed by atoms with Crippen molar-refractivity contribution in [2.45, 2.75) is 52.0 Å². The number of allylic oxidation sites excluding steroid dienone is 6. The highest BCUT2D eigenvalue weighted by atomic mass is 15.2. The summed E-state index contributed by atoms with van der Waals surface area (Å²) in [5.41, 5.74) is 19.9. The molecule has 2 unspecified atom stereocenters. The van der Waals surface area contributed by atoms with E-state index in [2.05, 4.69) is 172 Å². The fraction of sp³-hybridized carbons (Fsp3) is 0.200. The van der Waals surface area contributed by atoms with E-state index in [0.29, 0.717) is 5.92 Å². The van der Waals surface area contributed by atoms with E-state index in [-0.39, 0.29) is 16.9 Å². The Hall–Kier alpha value is -5.80. The van der Waals surface area contributed by atoms with E-state index in [1.54, 1.807) is 11.1 Å². The Balaban J connectivity index is 1.11. The number of benzene rings is 5. The van der Waals surface area contributed by atoms with Crippen LogP contribution < -0.4 is 4.90 Å². The predicted molar refractivity (Wildman–Crippen MR) is 219 cm³/mol. The molecule has 256 valence electrons. The van der Waals surface area contributed by atoms with Gasteiger partial charge in [-0.15, -0.1) is 0 Å². The summed E-state index contributed by atoms with van der Waals surface area (Å²) in [7, 11) is 0. The Labute approximate surface area is 311 Å². The fourth-order valence-corrected chi connectivity index (χ4v) is 10.7. The first-order valence-corrected chi connectivity index (χ1v) is 19.1. The topological polar surface area (TPSA) is 29.0 Å². The number of rotatable bonds is 3. The van der Waals surface area contributed by atoms with Gasteiger partial charge in [-0.1, -0.05) is 131 Å². The molecule has 0 saturated carbocycles. The van der Waals surface area contributed by atoms with E-state index >= 15 is 0 Å². The zero-order valence-electron chi connectivity index (χ0n) is 30.7. The van der Waals surface area contributed by atoms with Crippen molar-refractivity contribution < 1.29 is 0 Å². The van der Waals surface area contributed by atoms with E-state index in [9.17, 15) is 0 Å². The number of hydrogen-bond donors (Lipinski definition) is 0. The molecule has 0 saturated heterocycles. The van der Waals surface area contributed by atoms with Crippen molar-refractivity contribution in [2.24, 2.45) is 11.3 Å². The monoisotopic (exact) mass is 683 g/mol. The third-order valence-corrected chi connectivity index (χ3v) is 13.0. The molecule has 1 aliphatic heterocycles. The highest BCUT2D eigenvalue weighted by Crippen LogP contribution is 2.69. The average molecular weight is 684 g/mol. The molecule has 0 spiro atoms. The molecule has 0 fully saturated rings. The van der Waals surface area contributed by atoms with Crippen LogP contribution in [-0.2, 0) is 5.41 Å². The fourth-order valence-electron chi connectivity index (χ4n) is 10.7. The number of para-hydroxylation sites is 2. The minimum Gasteiger partial charge on any atom is -0.333 e. The number of fused-ring (bicyclic) bond motifs is 10. The van der Waals surface area contributed by atoms with Crippen molar-refractivity contribution in [2.75, 3.05) is 4.90 Å². The van der Waals surface area contributed by atoms with Gasteiger partial charge in [0.1, 0.15) is 0 Å². The first kappa shape index (κ1) is 30.8. The van der Waals surface area contributed by atoms with Crippen LogP contribution in [0.4, 0.5) is 11.4 Å². The molecule has 0 N–H and O–H groups in total. The molecule has 2 atom stereocenters. The number of aromatic nitrogens is 2. The van der Waals surface area contributed by atoms with Crippen molar-refractivity contribution in [3.8, 4) is 22.6 Å². The molecule has 5 aliphatic rings. The molecule has 0 radical (unpaired) electrons. The Morgan fingerprint density at radius 1 is 0.660 bits per heavy atom. The van der Waals surface area contributed by atoms with Crippen molar-refractivity contribution in [3.63, 3.8) is 0 Å². The van der Waals surface area contributed by atoms with Gasteiger partial charge in [-0.3, -0.25) is 0 Å². The van der Waals surface area contributed by atoms with Crippen LogP contribution in [0.25, 0.3) is 44.7 Å². The number of anilines is 2. The predicted octanol–water partition coefficient (Wildman–Crippen LogP) is 12.3. The summed E-state index contributed by atoms with van der Waals surface area (Å²) in [5.74, 6) is 1.05. The van der Waals surface area contributed by atoms with Gasteiger partial charge < -0.3 is 4.90 Å². The molecule has 1 aromatic heterocycles. The van der Waals surface area contributed by atoms with Crippen molar-refractivity contribution >= 4 is 33.4 Å². The van der Waals surface area contributed by atoms with E-state index in [4.69, 9.17) is 9.97 Å². The largest absolute Gasteiger partial charge is 0.333 e. The first-order valence-electron chi connectivity index (χ1n) is 19.1. The second kappa shape index (κ2) is 10.9. The Bertz CT molecular complexity index is 2670. The van der Waals surface area contributed by atoms with Crippen molar-refractivity contribution in [1.82, 2.24) is 9.97 Å². The second-order valence-corrected chi connectivity index (χ2v) is 16.4. The van der Waals surface area contributed by atoms with Crippen molar-refractivity contribution in [1.29, 1.82) is 0 Å². The lowest BCUT2D eigenvalue weighted by Crippen LogP contribution is -2.43. The summed E-state index contributed by atoms with van der Waals surface area (Å²) in [4.78, 5) is 13.0. The molecule has 11 rings (SSSR count). The van der Waals surface area contributed by atoms with Gasteiger partial charge in [0.05, 0.1) is 17.3 Å². The van der Waals surface area contributed by atoms with Gasteiger partial charge in [-0.2, -0.15) is 0 Å². The van der Waals surface area contributed by atoms with Crippen LogP contribution in [0.5, 0.6) is 0 Å². The zero-order valence-corrected chi connectivity index (χ0v) is 30.7. The quantitative estimate of drug-likeness (QED) is 0.186. The second-order valence-electron chi connectivity index (χ2n) is 16.4. The maximum atomic E-state index is 5.20. The molecule has 5 aromatic carbocycles. The van der Waals surface area contributed by atoms with E-state index in [0.717, 1.165) is 46.4 Å². The van der Waals surface area contributed by atoms with E-state index in [1.165, 1.54) is 50.4 Å². The molecule has 53 heavy (non-hydrogen) atoms. The maximum Gasteiger partial charge on any atom is 0.160 e. The molecule has 0 bridgehead atoms. The van der Waals surface area contributed by atoms with Crippen LogP contribution in [0.3, 0.4) is 0 Å². The third-order valence-electron chi connectivity index (χ3n) is 13.0. The summed E-state index contributed by atoms with van der Waals surface area (Å²) in [6.45, 7) is 9.94. The average Bonchev–Trinajstić information content (AvgIpc) is 3.75. The molecule has 3 nitrogen and oxygen atoms in total. The molecule has 3 heteroatoms. The lowest BCUT2D eigenvalue weighted by molar-refractivity contribution is 0.315. The zero-order chi connectivity index (χ0) is 35.6. The Morgan fingerprint density at radius 2 is 1.38 bits per heavy atom. The van der Waals surface area contributed by atoms with Crippen LogP contribution in [-0.4, -0.2) is 16.0 Å². The summed E-state index contributed by atoms with van der Waals surface area (Å²) < 4.78 is 0. The van der Waals surface area contributed by atoms with Gasteiger partial charge in [0.25, 0.3) is 0 Å². The van der Waals surface area contributed by atoms with Gasteiger partial charge in [-0.05, 0) is 99.2 Å². The summed E-state index contributed by atoms with van der Waals surface area (Å²) >= 11 is 0. The molecule has 0 amide bonds. The van der Waals surface area contributed by atoms with Gasteiger partial charge in [-0.25, -0.2) is 9.97 Å². The molecule has 2 heterocycles. The molecular formula is C50H41N3. The molecule has 4 aliphatic carbocycles. The van der Waals surface area contributed by atoms with E-state index < -0.39 is 0 Å². The van der Waals surface area contributed by atoms with Crippen molar-refractivity contribution in [3.05, 3.63) is 179 Å². The van der Waals surface area contributed by atoms with Gasteiger partial charge in [0.2, 0.25) is 0 Å². The van der Waals surface area contributed by atoms with Gasteiger partial charge in [0, 0.05) is 44.8 Å². The van der Waals surface area contributed by atoms with Crippen LogP contribution in [0.1, 0.15) is 57.2 Å². The van der Waals surface area contributed by atoms with Crippen LogP contribution in [0.2, 0.25) is 0 Å². The SMILES string of the molecule is CC1(C)C2=C3c4ccccc4N(c4ccc(-c5nc(-c6ccccc6)c6ccccc6n5)cc4)C3C3C(=C2c2ccccc21)C1=C(C=CCC1)C3(C)C. The summed E-state index contributed by atoms with van der Waals surface area (Å²) in [6, 6.07) is 46.5. The molecule has 6 aromatic rings. The van der Waals surface area contributed by atoms with Crippen LogP contribution in [0.15, 0.2) is 162 Å². The number of nitrogens with zero attached hydrogens (tertiary/aromatic N) is 3. The standard InChI is InChI=1S/C50H41N3/c1-49(2)37-22-12-8-18-33(37)41-42-34-19-9-13-23-38(34)50(3,4)45(42)47-43(44(41)49)36-21-11-15-25-40(36)53(47)32-28-26-31(27-29-32)48-51-39-24-14-10-20-35(39)46(52-48)30-16-6-5-7-17-30/h5-8,10-18,20-29,45,47H,9,19H2,1-4H3. The highest BCUT2D eigenvalue weighted by Gasteiger charge is 2.59. The smallest absolute Gasteiger partial charge is 0.160 e. The first-order chi connectivity index (χ1) is 25.8.